The van der Waals surface area contributed by atoms with E-state index in [0.717, 1.165) is 24.0 Å². The maximum Gasteiger partial charge on any atom is 0.436 e. The summed E-state index contributed by atoms with van der Waals surface area (Å²) in [4.78, 5) is 26.8. The Kier molecular flexibility index (Phi) is 8.59. The summed E-state index contributed by atoms with van der Waals surface area (Å²) in [5.41, 5.74) is 1.31. The molecule has 0 radical (unpaired) electrons. The molecule has 1 N–H and O–H groups in total. The van der Waals surface area contributed by atoms with Crippen molar-refractivity contribution in [2.45, 2.75) is 45.1 Å². The number of carbonyl (C=O) groups excluding carboxylic acids is 2. The summed E-state index contributed by atoms with van der Waals surface area (Å²) in [5.74, 6) is -1.23. The normalized spacial score (nSPS) is 13.7. The third kappa shape index (κ3) is 6.42. The van der Waals surface area contributed by atoms with Gasteiger partial charge in [0, 0.05) is 26.8 Å². The first-order valence-electron chi connectivity index (χ1n) is 12.6. The first kappa shape index (κ1) is 28.2. The van der Waals surface area contributed by atoms with Crippen LogP contribution in [-0.4, -0.2) is 49.0 Å². The molecular weight excluding hydrogens is 513 g/mol. The molecule has 0 aliphatic carbocycles. The lowest BCUT2D eigenvalue weighted by atomic mass is 10.1. The second-order valence-corrected chi connectivity index (χ2v) is 9.41. The van der Waals surface area contributed by atoms with Crippen LogP contribution >= 0.6 is 0 Å². The predicted octanol–water partition coefficient (Wildman–Crippen LogP) is 4.78. The highest BCUT2D eigenvalue weighted by atomic mass is 19.4. The number of fused-ring (bicyclic) bond motifs is 1. The van der Waals surface area contributed by atoms with Gasteiger partial charge in [0.15, 0.2) is 5.69 Å². The molecule has 8 nitrogen and oxygen atoms in total. The number of benzene rings is 2. The van der Waals surface area contributed by atoms with Crippen molar-refractivity contribution in [3.05, 3.63) is 82.0 Å². The summed E-state index contributed by atoms with van der Waals surface area (Å²) < 4.78 is 53.0. The number of carbonyl (C=O) groups is 2. The molecule has 2 aromatic carbocycles. The molecule has 0 spiro atoms. The van der Waals surface area contributed by atoms with Crippen molar-refractivity contribution < 1.29 is 32.2 Å². The number of alkyl halides is 3. The van der Waals surface area contributed by atoms with Crippen LogP contribution in [0.2, 0.25) is 0 Å². The molecule has 1 atom stereocenters. The number of rotatable bonds is 10. The van der Waals surface area contributed by atoms with Crippen molar-refractivity contribution in [3.63, 3.8) is 0 Å². The van der Waals surface area contributed by atoms with Crippen LogP contribution in [0, 0.1) is 0 Å². The molecule has 0 saturated heterocycles. The number of hydrogen-bond acceptors (Lipinski definition) is 6. The lowest BCUT2D eigenvalue weighted by molar-refractivity contribution is -0.141. The topological polar surface area (TPSA) is 85.7 Å². The summed E-state index contributed by atoms with van der Waals surface area (Å²) in [6.45, 7) is 3.34. The fraction of sp³-hybridized carbons (Fsp3) is 0.393. The van der Waals surface area contributed by atoms with Crippen LogP contribution in [0.15, 0.2) is 48.5 Å². The minimum atomic E-state index is -4.80. The molecule has 11 heteroatoms. The number of halogens is 3. The monoisotopic (exact) mass is 544 g/mol. The minimum absolute atomic E-state index is 0.150. The number of amides is 1. The Morgan fingerprint density at radius 3 is 2.31 bits per heavy atom. The fourth-order valence-electron chi connectivity index (χ4n) is 4.64. The molecule has 1 unspecified atom stereocenters. The number of ether oxygens (including phenoxy) is 2. The number of nitrogens with zero attached hydrogens (tertiary/aromatic N) is 3. The molecular formula is C28H31F3N4O4. The lowest BCUT2D eigenvalue weighted by Crippen LogP contribution is -2.31. The Morgan fingerprint density at radius 2 is 1.69 bits per heavy atom. The van der Waals surface area contributed by atoms with Crippen LogP contribution < -0.4 is 10.2 Å². The third-order valence-corrected chi connectivity index (χ3v) is 6.69. The number of hydrogen-bond donors (Lipinski definition) is 1. The third-order valence-electron chi connectivity index (χ3n) is 6.69. The SMILES string of the molecule is COCCCc1ccc(CN2CCn3nc(C(F)(F)F)c(C(=O)NC(C)c4ccc(C(=O)OC)cc4)c32)cc1. The van der Waals surface area contributed by atoms with Crippen LogP contribution in [0.3, 0.4) is 0 Å². The van der Waals surface area contributed by atoms with Crippen LogP contribution in [0.1, 0.15) is 62.5 Å². The molecule has 4 rings (SSSR count). The molecule has 0 bridgehead atoms. The molecule has 1 aromatic heterocycles. The van der Waals surface area contributed by atoms with Crippen LogP contribution in [-0.2, 0) is 35.2 Å². The molecule has 0 fully saturated rings. The Labute approximate surface area is 224 Å². The van der Waals surface area contributed by atoms with Gasteiger partial charge in [0.1, 0.15) is 11.4 Å². The van der Waals surface area contributed by atoms with E-state index in [4.69, 9.17) is 4.74 Å². The summed E-state index contributed by atoms with van der Waals surface area (Å²) in [7, 11) is 2.93. The molecule has 1 aliphatic rings. The maximum atomic E-state index is 14.0. The number of methoxy groups -OCH3 is 2. The highest BCUT2D eigenvalue weighted by Gasteiger charge is 2.44. The second-order valence-electron chi connectivity index (χ2n) is 9.41. The fourth-order valence-corrected chi connectivity index (χ4v) is 4.64. The molecule has 1 amide bonds. The zero-order valence-electron chi connectivity index (χ0n) is 22.0. The smallest absolute Gasteiger partial charge is 0.436 e. The summed E-state index contributed by atoms with van der Waals surface area (Å²) >= 11 is 0. The molecule has 39 heavy (non-hydrogen) atoms. The predicted molar refractivity (Wildman–Crippen MR) is 139 cm³/mol. The zero-order chi connectivity index (χ0) is 28.2. The van der Waals surface area contributed by atoms with Crippen LogP contribution in [0.5, 0.6) is 0 Å². The van der Waals surface area contributed by atoms with Gasteiger partial charge in [0.05, 0.1) is 25.3 Å². The Hall–Kier alpha value is -3.86. The van der Waals surface area contributed by atoms with Crippen molar-refractivity contribution in [1.29, 1.82) is 0 Å². The van der Waals surface area contributed by atoms with Gasteiger partial charge in [-0.3, -0.25) is 4.79 Å². The average Bonchev–Trinajstić information content (AvgIpc) is 3.49. The molecule has 3 aromatic rings. The average molecular weight is 545 g/mol. The molecule has 0 saturated carbocycles. The van der Waals surface area contributed by atoms with E-state index in [2.05, 4.69) is 15.2 Å². The molecule has 2 heterocycles. The first-order valence-corrected chi connectivity index (χ1v) is 12.6. The van der Waals surface area contributed by atoms with E-state index in [1.165, 1.54) is 23.9 Å². The first-order chi connectivity index (χ1) is 18.6. The molecule has 1 aliphatic heterocycles. The van der Waals surface area contributed by atoms with Crippen molar-refractivity contribution in [2.75, 3.05) is 32.3 Å². The summed E-state index contributed by atoms with van der Waals surface area (Å²) in [5, 5.41) is 6.45. The zero-order valence-corrected chi connectivity index (χ0v) is 22.0. The van der Waals surface area contributed by atoms with E-state index < -0.39 is 35.4 Å². The van der Waals surface area contributed by atoms with Crippen molar-refractivity contribution in [3.8, 4) is 0 Å². The van der Waals surface area contributed by atoms with Gasteiger partial charge in [-0.25, -0.2) is 9.48 Å². The van der Waals surface area contributed by atoms with E-state index >= 15 is 0 Å². The van der Waals surface area contributed by atoms with E-state index in [1.54, 1.807) is 31.1 Å². The van der Waals surface area contributed by atoms with Crippen molar-refractivity contribution in [2.24, 2.45) is 0 Å². The Balaban J connectivity index is 1.55. The van der Waals surface area contributed by atoms with Gasteiger partial charge in [0.2, 0.25) is 0 Å². The van der Waals surface area contributed by atoms with Crippen molar-refractivity contribution >= 4 is 17.7 Å². The largest absolute Gasteiger partial charge is 0.465 e. The number of nitrogens with one attached hydrogen (secondary N) is 1. The van der Waals surface area contributed by atoms with Gasteiger partial charge in [0.25, 0.3) is 5.91 Å². The standard InChI is InChI=1S/C28H31F3N4O4/c1-18(21-10-12-22(13-11-21)27(37)39-3)32-25(36)23-24(28(29,30)31)33-35-15-14-34(26(23)35)17-20-8-6-19(7-9-20)5-4-16-38-2/h6-13,18H,4-5,14-17H2,1-3H3,(H,32,36). The number of aryl methyl sites for hydroxylation is 1. The quantitative estimate of drug-likeness (QED) is 0.292. The molecule has 208 valence electrons. The van der Waals surface area contributed by atoms with Gasteiger partial charge in [-0.2, -0.15) is 18.3 Å². The highest BCUT2D eigenvalue weighted by Crippen LogP contribution is 2.38. The highest BCUT2D eigenvalue weighted by molar-refractivity contribution is 6.01. The van der Waals surface area contributed by atoms with E-state index in [9.17, 15) is 22.8 Å². The Bertz CT molecular complexity index is 1300. The summed E-state index contributed by atoms with van der Waals surface area (Å²) in [6, 6.07) is 13.6. The lowest BCUT2D eigenvalue weighted by Gasteiger charge is -2.21. The Morgan fingerprint density at radius 1 is 1.03 bits per heavy atom. The van der Waals surface area contributed by atoms with Crippen molar-refractivity contribution in [1.82, 2.24) is 15.1 Å². The van der Waals surface area contributed by atoms with Crippen LogP contribution in [0.25, 0.3) is 0 Å². The van der Waals surface area contributed by atoms with Gasteiger partial charge in [-0.15, -0.1) is 0 Å². The van der Waals surface area contributed by atoms with Gasteiger partial charge in [-0.05, 0) is 48.6 Å². The van der Waals surface area contributed by atoms with Gasteiger partial charge in [-0.1, -0.05) is 36.4 Å². The van der Waals surface area contributed by atoms with E-state index in [-0.39, 0.29) is 12.4 Å². The second kappa shape index (κ2) is 11.9. The van der Waals surface area contributed by atoms with Gasteiger partial charge < -0.3 is 19.7 Å². The van der Waals surface area contributed by atoms with E-state index in [0.29, 0.717) is 30.8 Å². The minimum Gasteiger partial charge on any atom is -0.465 e. The van der Waals surface area contributed by atoms with Gasteiger partial charge >= 0.3 is 12.1 Å². The van der Waals surface area contributed by atoms with E-state index in [1.807, 2.05) is 24.3 Å². The number of aromatic nitrogens is 2. The number of esters is 1. The van der Waals surface area contributed by atoms with Crippen LogP contribution in [0.4, 0.5) is 19.0 Å². The number of anilines is 1. The summed E-state index contributed by atoms with van der Waals surface area (Å²) in [6.07, 6.45) is -3.04. The maximum absolute atomic E-state index is 14.0.